The molecule has 1 heterocycles. The summed E-state index contributed by atoms with van der Waals surface area (Å²) >= 11 is 0. The van der Waals surface area contributed by atoms with Gasteiger partial charge in [0.05, 0.1) is 0 Å². The summed E-state index contributed by atoms with van der Waals surface area (Å²) in [6.07, 6.45) is 3.13. The normalized spacial score (nSPS) is 11.1. The summed E-state index contributed by atoms with van der Waals surface area (Å²) < 4.78 is 5.51. The molecule has 2 aromatic rings. The van der Waals surface area contributed by atoms with Crippen molar-refractivity contribution in [1.29, 1.82) is 0 Å². The quantitative estimate of drug-likeness (QED) is 0.679. The van der Waals surface area contributed by atoms with Crippen molar-refractivity contribution in [2.24, 2.45) is 0 Å². The van der Waals surface area contributed by atoms with Crippen molar-refractivity contribution in [3.05, 3.63) is 47.5 Å². The van der Waals surface area contributed by atoms with Gasteiger partial charge in [-0.05, 0) is 23.5 Å². The molecule has 2 rings (SSSR count). The average Bonchev–Trinajstić information content (AvgIpc) is 2.91. The summed E-state index contributed by atoms with van der Waals surface area (Å²) in [5.74, 6) is 1.04. The van der Waals surface area contributed by atoms with Gasteiger partial charge in [-0.25, -0.2) is 9.78 Å². The molecular formula is C16H20N2O2. The predicted octanol–water partition coefficient (Wildman–Crippen LogP) is 3.88. The summed E-state index contributed by atoms with van der Waals surface area (Å²) in [6.45, 7) is 8.48. The van der Waals surface area contributed by atoms with Gasteiger partial charge < -0.3 is 9.72 Å². The fraction of sp³-hybridized carbons (Fsp3) is 0.375. The van der Waals surface area contributed by atoms with Crippen LogP contribution >= 0.6 is 0 Å². The van der Waals surface area contributed by atoms with E-state index < -0.39 is 5.97 Å². The molecule has 1 N–H and O–H groups in total. The van der Waals surface area contributed by atoms with Gasteiger partial charge >= 0.3 is 5.97 Å². The Morgan fingerprint density at radius 1 is 1.20 bits per heavy atom. The molecule has 0 bridgehead atoms. The minimum Gasteiger partial charge on any atom is -0.420 e. The van der Waals surface area contributed by atoms with Crippen LogP contribution in [0.3, 0.4) is 0 Å². The van der Waals surface area contributed by atoms with Gasteiger partial charge in [-0.3, -0.25) is 0 Å². The lowest BCUT2D eigenvalue weighted by Gasteiger charge is -2.19. The van der Waals surface area contributed by atoms with E-state index in [2.05, 4.69) is 43.7 Å². The van der Waals surface area contributed by atoms with Gasteiger partial charge in [0, 0.05) is 18.0 Å². The van der Waals surface area contributed by atoms with Crippen molar-refractivity contribution in [2.45, 2.75) is 39.5 Å². The minimum absolute atomic E-state index is 0.217. The first kappa shape index (κ1) is 14.3. The van der Waals surface area contributed by atoms with Crippen molar-refractivity contribution >= 4 is 5.97 Å². The Hall–Kier alpha value is -2.10. The number of carbonyl (C=O) groups is 1. The number of nitrogens with zero attached hydrogens (tertiary/aromatic N) is 1. The van der Waals surface area contributed by atoms with Crippen LogP contribution in [0.1, 0.15) is 61.3 Å². The SMILES string of the molecule is CC(C)c1cccc(OC(=O)c2ncc[nH]2)c1C(C)C. The molecule has 1 aromatic carbocycles. The molecule has 0 amide bonds. The Morgan fingerprint density at radius 3 is 2.50 bits per heavy atom. The van der Waals surface area contributed by atoms with Crippen LogP contribution < -0.4 is 4.74 Å². The van der Waals surface area contributed by atoms with E-state index in [0.29, 0.717) is 11.7 Å². The number of benzene rings is 1. The second kappa shape index (κ2) is 5.90. The third kappa shape index (κ3) is 2.90. The number of ether oxygens (including phenoxy) is 1. The van der Waals surface area contributed by atoms with Crippen molar-refractivity contribution in [3.63, 3.8) is 0 Å². The predicted molar refractivity (Wildman–Crippen MR) is 78.2 cm³/mol. The highest BCUT2D eigenvalue weighted by Gasteiger charge is 2.19. The zero-order valence-corrected chi connectivity index (χ0v) is 12.3. The molecule has 0 aliphatic rings. The van der Waals surface area contributed by atoms with Crippen molar-refractivity contribution in [3.8, 4) is 5.75 Å². The molecule has 106 valence electrons. The Morgan fingerprint density at radius 2 is 1.95 bits per heavy atom. The number of imidazole rings is 1. The van der Waals surface area contributed by atoms with E-state index in [9.17, 15) is 4.79 Å². The molecule has 0 saturated heterocycles. The van der Waals surface area contributed by atoms with Gasteiger partial charge in [-0.1, -0.05) is 39.8 Å². The van der Waals surface area contributed by atoms with Crippen LogP contribution in [0.2, 0.25) is 0 Å². The van der Waals surface area contributed by atoms with E-state index in [4.69, 9.17) is 4.74 Å². The highest BCUT2D eigenvalue weighted by Crippen LogP contribution is 2.34. The highest BCUT2D eigenvalue weighted by molar-refractivity contribution is 5.87. The second-order valence-corrected chi connectivity index (χ2v) is 5.40. The molecule has 0 aliphatic heterocycles. The number of rotatable bonds is 4. The molecule has 0 spiro atoms. The molecule has 0 unspecified atom stereocenters. The summed E-state index contributed by atoms with van der Waals surface area (Å²) in [7, 11) is 0. The first-order valence-electron chi connectivity index (χ1n) is 6.85. The Balaban J connectivity index is 2.36. The monoisotopic (exact) mass is 272 g/mol. The zero-order valence-electron chi connectivity index (χ0n) is 12.3. The fourth-order valence-electron chi connectivity index (χ4n) is 2.30. The summed E-state index contributed by atoms with van der Waals surface area (Å²) in [5.41, 5.74) is 2.30. The number of hydrogen-bond acceptors (Lipinski definition) is 3. The van der Waals surface area contributed by atoms with Gasteiger partial charge in [-0.15, -0.1) is 0 Å². The largest absolute Gasteiger partial charge is 0.420 e. The Bertz CT molecular complexity index is 587. The number of H-pyrrole nitrogens is 1. The minimum atomic E-state index is -0.460. The van der Waals surface area contributed by atoms with Gasteiger partial charge in [-0.2, -0.15) is 0 Å². The molecule has 0 fully saturated rings. The summed E-state index contributed by atoms with van der Waals surface area (Å²) in [5, 5.41) is 0. The second-order valence-electron chi connectivity index (χ2n) is 5.40. The fourth-order valence-corrected chi connectivity index (χ4v) is 2.30. The van der Waals surface area contributed by atoms with Crippen molar-refractivity contribution in [2.75, 3.05) is 0 Å². The molecule has 1 aromatic heterocycles. The molecule has 0 saturated carbocycles. The van der Waals surface area contributed by atoms with Crippen LogP contribution in [0.5, 0.6) is 5.75 Å². The van der Waals surface area contributed by atoms with E-state index in [-0.39, 0.29) is 11.7 Å². The first-order chi connectivity index (χ1) is 9.50. The van der Waals surface area contributed by atoms with Crippen molar-refractivity contribution in [1.82, 2.24) is 9.97 Å². The molecule has 0 radical (unpaired) electrons. The molecule has 20 heavy (non-hydrogen) atoms. The molecule has 0 atom stereocenters. The Kier molecular flexibility index (Phi) is 4.23. The van der Waals surface area contributed by atoms with Crippen LogP contribution in [-0.2, 0) is 0 Å². The maximum absolute atomic E-state index is 12.0. The molecular weight excluding hydrogens is 252 g/mol. The number of nitrogens with one attached hydrogen (secondary N) is 1. The van der Waals surface area contributed by atoms with E-state index in [1.54, 1.807) is 6.20 Å². The van der Waals surface area contributed by atoms with Crippen LogP contribution in [-0.4, -0.2) is 15.9 Å². The number of carbonyl (C=O) groups excluding carboxylic acids is 1. The maximum atomic E-state index is 12.0. The maximum Gasteiger partial charge on any atom is 0.379 e. The number of hydrogen-bond donors (Lipinski definition) is 1. The average molecular weight is 272 g/mol. The first-order valence-corrected chi connectivity index (χ1v) is 6.85. The summed E-state index contributed by atoms with van der Waals surface area (Å²) in [4.78, 5) is 18.7. The van der Waals surface area contributed by atoms with Gasteiger partial charge in [0.1, 0.15) is 5.75 Å². The smallest absolute Gasteiger partial charge is 0.379 e. The topological polar surface area (TPSA) is 55.0 Å². The van der Waals surface area contributed by atoms with Crippen LogP contribution in [0, 0.1) is 0 Å². The lowest BCUT2D eigenvalue weighted by atomic mass is 9.90. The highest BCUT2D eigenvalue weighted by atomic mass is 16.5. The summed E-state index contributed by atoms with van der Waals surface area (Å²) in [6, 6.07) is 5.85. The van der Waals surface area contributed by atoms with Gasteiger partial charge in [0.2, 0.25) is 5.82 Å². The number of esters is 1. The van der Waals surface area contributed by atoms with Crippen molar-refractivity contribution < 1.29 is 9.53 Å². The lowest BCUT2D eigenvalue weighted by Crippen LogP contribution is -2.13. The standard InChI is InChI=1S/C16H20N2O2/c1-10(2)12-6-5-7-13(14(12)11(3)4)20-16(19)15-17-8-9-18-15/h5-11H,1-4H3,(H,17,18). The van der Waals surface area contributed by atoms with Gasteiger partial charge in [0.15, 0.2) is 0 Å². The molecule has 4 heteroatoms. The number of aromatic nitrogens is 2. The van der Waals surface area contributed by atoms with Crippen LogP contribution in [0.25, 0.3) is 0 Å². The number of aromatic amines is 1. The Labute approximate surface area is 119 Å². The van der Waals surface area contributed by atoms with E-state index in [1.807, 2.05) is 12.1 Å². The van der Waals surface area contributed by atoms with E-state index in [0.717, 1.165) is 5.56 Å². The molecule has 0 aliphatic carbocycles. The van der Waals surface area contributed by atoms with E-state index in [1.165, 1.54) is 11.8 Å². The zero-order chi connectivity index (χ0) is 14.7. The van der Waals surface area contributed by atoms with E-state index >= 15 is 0 Å². The molecule has 4 nitrogen and oxygen atoms in total. The lowest BCUT2D eigenvalue weighted by molar-refractivity contribution is 0.0721. The third-order valence-corrected chi connectivity index (χ3v) is 3.19. The van der Waals surface area contributed by atoms with Crippen LogP contribution in [0.4, 0.5) is 0 Å². The van der Waals surface area contributed by atoms with Crippen LogP contribution in [0.15, 0.2) is 30.6 Å². The third-order valence-electron chi connectivity index (χ3n) is 3.19. The van der Waals surface area contributed by atoms with Gasteiger partial charge in [0.25, 0.3) is 0 Å².